The Hall–Kier alpha value is -1.46. The van der Waals surface area contributed by atoms with Crippen LogP contribution in [0.3, 0.4) is 0 Å². The summed E-state index contributed by atoms with van der Waals surface area (Å²) in [4.78, 5) is 11.4. The highest BCUT2D eigenvalue weighted by molar-refractivity contribution is 8.00. The van der Waals surface area contributed by atoms with Gasteiger partial charge in [-0.3, -0.25) is 9.93 Å². The minimum absolute atomic E-state index is 0.105. The molecule has 0 spiro atoms. The lowest BCUT2D eigenvalue weighted by Crippen LogP contribution is -2.09. The number of rotatable bonds is 4. The average molecular weight is 250 g/mol. The van der Waals surface area contributed by atoms with Gasteiger partial charge >= 0.3 is 5.97 Å². The van der Waals surface area contributed by atoms with E-state index >= 15 is 0 Å². The molecular formula is C12H14N2O2S. The number of esters is 1. The normalized spacial score (nSPS) is 15.7. The molecule has 4 nitrogen and oxygen atoms in total. The lowest BCUT2D eigenvalue weighted by molar-refractivity contribution is -0.135. The summed E-state index contributed by atoms with van der Waals surface area (Å²) in [7, 11) is 0. The number of carbonyl (C=O) groups is 1. The van der Waals surface area contributed by atoms with Gasteiger partial charge in [0.2, 0.25) is 0 Å². The van der Waals surface area contributed by atoms with Crippen LogP contribution in [0.1, 0.15) is 18.4 Å². The number of carbonyl (C=O) groups excluding carboxylic acids is 1. The monoisotopic (exact) mass is 250 g/mol. The van der Waals surface area contributed by atoms with Crippen LogP contribution in [0.2, 0.25) is 0 Å². The van der Waals surface area contributed by atoms with Gasteiger partial charge in [-0.25, -0.2) is 0 Å². The largest absolute Gasteiger partial charge is 0.426 e. The first kappa shape index (κ1) is 12.0. The maximum Gasteiger partial charge on any atom is 0.314 e. The Morgan fingerprint density at radius 2 is 2.00 bits per heavy atom. The molecule has 1 aliphatic rings. The standard InChI is InChI=1S/C12H14N2O2S/c13-11(7-17-14)8-3-5-10(6-4-8)16-12(15)9-1-2-9/h3-7,9H,1-2,13-14H2/b11-7-. The second kappa shape index (κ2) is 5.25. The molecule has 4 N–H and O–H groups in total. The summed E-state index contributed by atoms with van der Waals surface area (Å²) in [6.07, 6.45) is 1.89. The van der Waals surface area contributed by atoms with Crippen molar-refractivity contribution in [3.63, 3.8) is 0 Å². The van der Waals surface area contributed by atoms with E-state index < -0.39 is 0 Å². The van der Waals surface area contributed by atoms with Gasteiger partial charge in [0.05, 0.1) is 5.92 Å². The molecule has 0 aromatic heterocycles. The molecule has 1 aromatic rings. The van der Waals surface area contributed by atoms with E-state index in [2.05, 4.69) is 0 Å². The predicted molar refractivity (Wildman–Crippen MR) is 68.7 cm³/mol. The van der Waals surface area contributed by atoms with Gasteiger partial charge in [-0.05, 0) is 42.7 Å². The minimum Gasteiger partial charge on any atom is -0.426 e. The molecular weight excluding hydrogens is 236 g/mol. The van der Waals surface area contributed by atoms with Gasteiger partial charge in [0.15, 0.2) is 0 Å². The molecule has 1 fully saturated rings. The third kappa shape index (κ3) is 3.25. The van der Waals surface area contributed by atoms with Gasteiger partial charge < -0.3 is 10.5 Å². The van der Waals surface area contributed by atoms with Gasteiger partial charge in [-0.2, -0.15) is 0 Å². The lowest BCUT2D eigenvalue weighted by atomic mass is 10.2. The van der Waals surface area contributed by atoms with Crippen LogP contribution in [0, 0.1) is 5.92 Å². The fourth-order valence-electron chi connectivity index (χ4n) is 1.38. The predicted octanol–water partition coefficient (Wildman–Crippen LogP) is 1.87. The van der Waals surface area contributed by atoms with Crippen molar-refractivity contribution in [2.24, 2.45) is 16.8 Å². The summed E-state index contributed by atoms with van der Waals surface area (Å²) < 4.78 is 5.20. The summed E-state index contributed by atoms with van der Waals surface area (Å²) in [5, 5.41) is 6.95. The van der Waals surface area contributed by atoms with E-state index in [0.717, 1.165) is 30.4 Å². The Balaban J connectivity index is 2.02. The first-order chi connectivity index (χ1) is 8.20. The van der Waals surface area contributed by atoms with Crippen molar-refractivity contribution in [3.05, 3.63) is 35.2 Å². The van der Waals surface area contributed by atoms with Crippen LogP contribution in [0.4, 0.5) is 0 Å². The van der Waals surface area contributed by atoms with Crippen LogP contribution in [-0.4, -0.2) is 5.97 Å². The highest BCUT2D eigenvalue weighted by atomic mass is 32.2. The summed E-state index contributed by atoms with van der Waals surface area (Å²) in [6, 6.07) is 7.07. The molecule has 90 valence electrons. The lowest BCUT2D eigenvalue weighted by Gasteiger charge is -2.05. The zero-order chi connectivity index (χ0) is 12.3. The molecule has 1 aliphatic carbocycles. The summed E-state index contributed by atoms with van der Waals surface area (Å²) >= 11 is 1.06. The van der Waals surface area contributed by atoms with Gasteiger partial charge in [-0.1, -0.05) is 11.9 Å². The van der Waals surface area contributed by atoms with Crippen LogP contribution in [0.25, 0.3) is 5.70 Å². The molecule has 0 saturated heterocycles. The summed E-state index contributed by atoms with van der Waals surface area (Å²) in [5.41, 5.74) is 7.22. The molecule has 0 heterocycles. The van der Waals surface area contributed by atoms with Gasteiger partial charge in [0.25, 0.3) is 0 Å². The van der Waals surface area contributed by atoms with Crippen molar-refractivity contribution in [2.45, 2.75) is 12.8 Å². The van der Waals surface area contributed by atoms with Crippen molar-refractivity contribution >= 4 is 23.6 Å². The number of ether oxygens (including phenoxy) is 1. The van der Waals surface area contributed by atoms with Crippen molar-refractivity contribution in [2.75, 3.05) is 0 Å². The van der Waals surface area contributed by atoms with Crippen LogP contribution >= 0.6 is 11.9 Å². The molecule has 17 heavy (non-hydrogen) atoms. The highest BCUT2D eigenvalue weighted by Gasteiger charge is 2.31. The summed E-state index contributed by atoms with van der Waals surface area (Å²) in [6.45, 7) is 0. The van der Waals surface area contributed by atoms with Gasteiger partial charge in [0.1, 0.15) is 5.75 Å². The number of nitrogens with two attached hydrogens (primary N) is 2. The molecule has 0 radical (unpaired) electrons. The Kier molecular flexibility index (Phi) is 3.71. The second-order valence-electron chi connectivity index (χ2n) is 3.93. The molecule has 1 aromatic carbocycles. The quantitative estimate of drug-likeness (QED) is 0.484. The van der Waals surface area contributed by atoms with Crippen molar-refractivity contribution in [3.8, 4) is 5.75 Å². The Morgan fingerprint density at radius 1 is 1.35 bits per heavy atom. The molecule has 0 bridgehead atoms. The number of benzene rings is 1. The molecule has 1 saturated carbocycles. The SMILES string of the molecule is NS/C=C(\N)c1ccc(OC(=O)C2CC2)cc1. The van der Waals surface area contributed by atoms with E-state index in [1.54, 1.807) is 29.7 Å². The molecule has 0 amide bonds. The first-order valence-electron chi connectivity index (χ1n) is 5.34. The highest BCUT2D eigenvalue weighted by Crippen LogP contribution is 2.30. The number of hydrogen-bond donors (Lipinski definition) is 2. The fraction of sp³-hybridized carbons (Fsp3) is 0.250. The van der Waals surface area contributed by atoms with Crippen molar-refractivity contribution in [1.29, 1.82) is 0 Å². The van der Waals surface area contributed by atoms with Crippen LogP contribution in [0.15, 0.2) is 29.7 Å². The van der Waals surface area contributed by atoms with Gasteiger partial charge in [0, 0.05) is 11.1 Å². The van der Waals surface area contributed by atoms with Crippen LogP contribution in [0.5, 0.6) is 5.75 Å². The Bertz CT molecular complexity index is 438. The van der Waals surface area contributed by atoms with E-state index in [1.807, 2.05) is 0 Å². The van der Waals surface area contributed by atoms with E-state index in [0.29, 0.717) is 11.4 Å². The van der Waals surface area contributed by atoms with E-state index in [4.69, 9.17) is 15.6 Å². The topological polar surface area (TPSA) is 78.3 Å². The molecule has 0 aliphatic heterocycles. The van der Waals surface area contributed by atoms with Crippen LogP contribution < -0.4 is 15.6 Å². The zero-order valence-corrected chi connectivity index (χ0v) is 10.1. The minimum atomic E-state index is -0.140. The third-order valence-electron chi connectivity index (χ3n) is 2.51. The van der Waals surface area contributed by atoms with E-state index in [-0.39, 0.29) is 11.9 Å². The number of hydrogen-bond acceptors (Lipinski definition) is 5. The van der Waals surface area contributed by atoms with Crippen molar-refractivity contribution < 1.29 is 9.53 Å². The maximum absolute atomic E-state index is 11.4. The van der Waals surface area contributed by atoms with E-state index in [1.165, 1.54) is 0 Å². The maximum atomic E-state index is 11.4. The van der Waals surface area contributed by atoms with Crippen molar-refractivity contribution in [1.82, 2.24) is 0 Å². The van der Waals surface area contributed by atoms with E-state index in [9.17, 15) is 4.79 Å². The summed E-state index contributed by atoms with van der Waals surface area (Å²) in [5.74, 6) is 0.519. The first-order valence-corrected chi connectivity index (χ1v) is 6.28. The van der Waals surface area contributed by atoms with Crippen LogP contribution in [-0.2, 0) is 4.79 Å². The Morgan fingerprint density at radius 3 is 2.53 bits per heavy atom. The smallest absolute Gasteiger partial charge is 0.314 e. The molecule has 0 atom stereocenters. The fourth-order valence-corrected chi connectivity index (χ4v) is 1.66. The Labute approximate surface area is 104 Å². The molecule has 2 rings (SSSR count). The zero-order valence-electron chi connectivity index (χ0n) is 9.26. The molecule has 0 unspecified atom stereocenters. The molecule has 5 heteroatoms. The third-order valence-corrected chi connectivity index (χ3v) is 2.90. The van der Waals surface area contributed by atoms with Gasteiger partial charge in [-0.15, -0.1) is 0 Å². The average Bonchev–Trinajstić information content (AvgIpc) is 3.14. The second-order valence-corrected chi connectivity index (χ2v) is 4.44.